The SMILES string of the molecule is O=C(O)CN1CCN(c2ccc3c(C(=O)NCC45CC6CC(CC(C6)C4)C5)c(Cl)ccc3n2)CC1. The molecule has 4 saturated carbocycles. The molecule has 0 spiro atoms. The molecule has 1 aromatic carbocycles. The van der Waals surface area contributed by atoms with Crippen LogP contribution in [0.5, 0.6) is 0 Å². The van der Waals surface area contributed by atoms with Crippen molar-refractivity contribution in [3.8, 4) is 0 Å². The highest BCUT2D eigenvalue weighted by Gasteiger charge is 2.50. The summed E-state index contributed by atoms with van der Waals surface area (Å²) in [6.07, 6.45) is 7.95. The van der Waals surface area contributed by atoms with Crippen LogP contribution in [-0.2, 0) is 4.79 Å². The normalized spacial score (nSPS) is 30.1. The smallest absolute Gasteiger partial charge is 0.317 e. The lowest BCUT2D eigenvalue weighted by atomic mass is 9.49. The molecule has 2 aromatic rings. The molecule has 1 aromatic heterocycles. The van der Waals surface area contributed by atoms with E-state index in [2.05, 4.69) is 10.2 Å². The number of carbonyl (C=O) groups is 2. The summed E-state index contributed by atoms with van der Waals surface area (Å²) in [5.41, 5.74) is 1.54. The van der Waals surface area contributed by atoms with Gasteiger partial charge in [-0.3, -0.25) is 14.5 Å². The van der Waals surface area contributed by atoms with Crippen molar-refractivity contribution in [3.05, 3.63) is 34.9 Å². The monoisotopic (exact) mass is 496 g/mol. The molecule has 2 heterocycles. The minimum atomic E-state index is -0.798. The van der Waals surface area contributed by atoms with Gasteiger partial charge in [0.25, 0.3) is 5.91 Å². The first-order valence-corrected chi connectivity index (χ1v) is 13.3. The van der Waals surface area contributed by atoms with Crippen LogP contribution in [0.25, 0.3) is 10.9 Å². The van der Waals surface area contributed by atoms with Gasteiger partial charge >= 0.3 is 5.97 Å². The van der Waals surface area contributed by atoms with Crippen LogP contribution in [0.15, 0.2) is 24.3 Å². The van der Waals surface area contributed by atoms with Gasteiger partial charge in [-0.2, -0.15) is 0 Å². The van der Waals surface area contributed by atoms with E-state index in [0.717, 1.165) is 54.1 Å². The second kappa shape index (κ2) is 8.93. The van der Waals surface area contributed by atoms with Crippen molar-refractivity contribution in [1.29, 1.82) is 0 Å². The Morgan fingerprint density at radius 1 is 1.00 bits per heavy atom. The number of anilines is 1. The number of carboxylic acid groups (broad SMARTS) is 1. The summed E-state index contributed by atoms with van der Waals surface area (Å²) < 4.78 is 0. The van der Waals surface area contributed by atoms with Crippen LogP contribution in [0.3, 0.4) is 0 Å². The first kappa shape index (κ1) is 23.0. The Bertz CT molecular complexity index is 1130. The van der Waals surface area contributed by atoms with Gasteiger partial charge < -0.3 is 15.3 Å². The topological polar surface area (TPSA) is 85.8 Å². The number of hydrogen-bond acceptors (Lipinski definition) is 5. The summed E-state index contributed by atoms with van der Waals surface area (Å²) in [5.74, 6) is 2.50. The van der Waals surface area contributed by atoms with Gasteiger partial charge in [-0.15, -0.1) is 0 Å². The van der Waals surface area contributed by atoms with Crippen molar-refractivity contribution in [2.24, 2.45) is 23.2 Å². The van der Waals surface area contributed by atoms with Gasteiger partial charge in [0.15, 0.2) is 0 Å². The number of piperazine rings is 1. The minimum absolute atomic E-state index is 0.0687. The predicted octanol–water partition coefficient (Wildman–Crippen LogP) is 4.04. The van der Waals surface area contributed by atoms with Gasteiger partial charge in [0, 0.05) is 38.1 Å². The van der Waals surface area contributed by atoms with Crippen LogP contribution in [-0.4, -0.2) is 66.1 Å². The Hall–Kier alpha value is -2.38. The number of nitrogens with one attached hydrogen (secondary N) is 1. The molecule has 2 N–H and O–H groups in total. The van der Waals surface area contributed by atoms with E-state index in [1.807, 2.05) is 23.1 Å². The maximum absolute atomic E-state index is 13.4. The Morgan fingerprint density at radius 3 is 2.29 bits per heavy atom. The van der Waals surface area contributed by atoms with E-state index >= 15 is 0 Å². The lowest BCUT2D eigenvalue weighted by molar-refractivity contribution is -0.138. The first-order valence-electron chi connectivity index (χ1n) is 12.9. The molecule has 0 atom stereocenters. The Morgan fingerprint density at radius 2 is 1.66 bits per heavy atom. The van der Waals surface area contributed by atoms with Gasteiger partial charge in [-0.1, -0.05) is 11.6 Å². The molecule has 1 saturated heterocycles. The average molecular weight is 497 g/mol. The number of fused-ring (bicyclic) bond motifs is 1. The minimum Gasteiger partial charge on any atom is -0.480 e. The Balaban J connectivity index is 1.17. The number of benzene rings is 1. The number of halogens is 1. The van der Waals surface area contributed by atoms with Gasteiger partial charge in [-0.05, 0) is 86.0 Å². The van der Waals surface area contributed by atoms with E-state index in [-0.39, 0.29) is 17.9 Å². The predicted molar refractivity (Wildman–Crippen MR) is 136 cm³/mol. The lowest BCUT2D eigenvalue weighted by Gasteiger charge is -2.56. The summed E-state index contributed by atoms with van der Waals surface area (Å²) in [7, 11) is 0. The van der Waals surface area contributed by atoms with Crippen molar-refractivity contribution in [3.63, 3.8) is 0 Å². The second-order valence-corrected chi connectivity index (χ2v) is 11.8. The number of carboxylic acids is 1. The van der Waals surface area contributed by atoms with Gasteiger partial charge in [0.1, 0.15) is 5.82 Å². The number of rotatable bonds is 6. The molecule has 7 nitrogen and oxygen atoms in total. The maximum Gasteiger partial charge on any atom is 0.317 e. The van der Waals surface area contributed by atoms with E-state index in [1.54, 1.807) is 6.07 Å². The summed E-state index contributed by atoms with van der Waals surface area (Å²) in [6, 6.07) is 7.54. The summed E-state index contributed by atoms with van der Waals surface area (Å²) in [4.78, 5) is 33.3. The molecule has 186 valence electrons. The van der Waals surface area contributed by atoms with Crippen molar-refractivity contribution >= 4 is 40.2 Å². The van der Waals surface area contributed by atoms with Crippen LogP contribution in [0, 0.1) is 23.2 Å². The second-order valence-electron chi connectivity index (χ2n) is 11.4. The quantitative estimate of drug-likeness (QED) is 0.627. The molecular formula is C27H33ClN4O3. The molecule has 4 bridgehead atoms. The summed E-state index contributed by atoms with van der Waals surface area (Å²) >= 11 is 6.55. The third-order valence-electron chi connectivity index (χ3n) is 8.88. The molecule has 1 amide bonds. The zero-order valence-corrected chi connectivity index (χ0v) is 20.8. The van der Waals surface area contributed by atoms with Gasteiger partial charge in [0.2, 0.25) is 0 Å². The van der Waals surface area contributed by atoms with Crippen molar-refractivity contribution in [2.75, 3.05) is 44.2 Å². The standard InChI is InChI=1S/C27H33ClN4O3/c28-21-2-3-22-20(1-4-23(30-22)32-7-5-31(6-8-32)15-24(33)34)25(21)26(35)29-16-27-12-17-9-18(13-27)11-19(10-17)14-27/h1-4,17-19H,5-16H2,(H,29,35)(H,33,34). The van der Waals surface area contributed by atoms with Crippen LogP contribution in [0.2, 0.25) is 5.02 Å². The Labute approximate surface area is 210 Å². The zero-order valence-electron chi connectivity index (χ0n) is 20.0. The molecule has 5 aliphatic rings. The first-order chi connectivity index (χ1) is 16.9. The van der Waals surface area contributed by atoms with Crippen LogP contribution >= 0.6 is 11.6 Å². The van der Waals surface area contributed by atoms with Gasteiger partial charge in [-0.25, -0.2) is 4.98 Å². The molecule has 1 aliphatic heterocycles. The molecule has 0 radical (unpaired) electrons. The van der Waals surface area contributed by atoms with E-state index in [9.17, 15) is 9.59 Å². The highest BCUT2D eigenvalue weighted by Crippen LogP contribution is 2.59. The fraction of sp³-hybridized carbons (Fsp3) is 0.593. The fourth-order valence-corrected chi connectivity index (χ4v) is 8.01. The van der Waals surface area contributed by atoms with Gasteiger partial charge in [0.05, 0.1) is 22.6 Å². The van der Waals surface area contributed by atoms with E-state index in [1.165, 1.54) is 38.5 Å². The third-order valence-corrected chi connectivity index (χ3v) is 9.19. The summed E-state index contributed by atoms with van der Waals surface area (Å²) in [5, 5.41) is 13.5. The molecule has 7 rings (SSSR count). The zero-order chi connectivity index (χ0) is 24.2. The molecule has 4 aliphatic carbocycles. The average Bonchev–Trinajstić information content (AvgIpc) is 2.81. The van der Waals surface area contributed by atoms with E-state index in [4.69, 9.17) is 21.7 Å². The number of aromatic nitrogens is 1. The van der Waals surface area contributed by atoms with Crippen molar-refractivity contribution < 1.29 is 14.7 Å². The molecule has 5 fully saturated rings. The summed E-state index contributed by atoms with van der Waals surface area (Å²) in [6.45, 7) is 3.62. The number of aliphatic carboxylic acids is 1. The number of carbonyl (C=O) groups excluding carboxylic acids is 1. The highest BCUT2D eigenvalue weighted by molar-refractivity contribution is 6.35. The number of pyridine rings is 1. The third kappa shape index (κ3) is 4.49. The van der Waals surface area contributed by atoms with E-state index in [0.29, 0.717) is 23.7 Å². The van der Waals surface area contributed by atoms with Crippen molar-refractivity contribution in [1.82, 2.24) is 15.2 Å². The largest absolute Gasteiger partial charge is 0.480 e. The molecular weight excluding hydrogens is 464 g/mol. The lowest BCUT2D eigenvalue weighted by Crippen LogP contribution is -2.51. The number of amides is 1. The Kier molecular flexibility index (Phi) is 5.88. The van der Waals surface area contributed by atoms with Crippen LogP contribution in [0.1, 0.15) is 48.9 Å². The molecule has 8 heteroatoms. The van der Waals surface area contributed by atoms with Crippen LogP contribution < -0.4 is 10.2 Å². The highest BCUT2D eigenvalue weighted by atomic mass is 35.5. The van der Waals surface area contributed by atoms with Crippen LogP contribution in [0.4, 0.5) is 5.82 Å². The maximum atomic E-state index is 13.4. The fourth-order valence-electron chi connectivity index (χ4n) is 7.76. The number of hydrogen-bond donors (Lipinski definition) is 2. The molecule has 35 heavy (non-hydrogen) atoms. The molecule has 0 unspecified atom stereocenters. The van der Waals surface area contributed by atoms with Crippen molar-refractivity contribution in [2.45, 2.75) is 38.5 Å². The number of nitrogens with zero attached hydrogens (tertiary/aromatic N) is 3. The van der Waals surface area contributed by atoms with E-state index < -0.39 is 5.97 Å².